The summed E-state index contributed by atoms with van der Waals surface area (Å²) < 4.78 is 29.3. The molecule has 0 rings (SSSR count). The van der Waals surface area contributed by atoms with Crippen molar-refractivity contribution in [3.8, 4) is 0 Å². The van der Waals surface area contributed by atoms with Crippen molar-refractivity contribution in [2.75, 3.05) is 48.1 Å². The van der Waals surface area contributed by atoms with Gasteiger partial charge in [-0.1, -0.05) is 95.9 Å². The van der Waals surface area contributed by atoms with E-state index in [0.29, 0.717) is 24.1 Å². The Morgan fingerprint density at radius 3 is 1.57 bits per heavy atom. The molecule has 0 fully saturated rings. The Morgan fingerprint density at radius 2 is 1.15 bits per heavy atom. The second kappa shape index (κ2) is 26.2. The van der Waals surface area contributed by atoms with Crippen molar-refractivity contribution in [2.24, 2.45) is 0 Å². The van der Waals surface area contributed by atoms with Crippen molar-refractivity contribution < 1.29 is 27.9 Å². The highest BCUT2D eigenvalue weighted by Crippen LogP contribution is 2.47. The maximum atomic E-state index is 12.6. The van der Waals surface area contributed by atoms with E-state index in [4.69, 9.17) is 14.0 Å². The average molecular weight is 588 g/mol. The molecule has 0 aromatic carbocycles. The van der Waals surface area contributed by atoms with Gasteiger partial charge in [0.25, 0.3) is 0 Å². The maximum Gasteiger partial charge on any atom is 0.193 e. The third-order valence-corrected chi connectivity index (χ3v) is 9.71. The van der Waals surface area contributed by atoms with Crippen LogP contribution in [0.2, 0.25) is 0 Å². The van der Waals surface area contributed by atoms with E-state index in [2.05, 4.69) is 31.2 Å². The molecule has 0 heterocycles. The SMILES string of the molecule is CCCC/C=C\CCCCCCCCCC/C=C\CCCCCOC[C@H](COP(=O)([O-])C(CC)[N+](C)(C)C)OC. The van der Waals surface area contributed by atoms with Crippen LogP contribution in [0.3, 0.4) is 0 Å². The maximum absolute atomic E-state index is 12.6. The van der Waals surface area contributed by atoms with Gasteiger partial charge in [-0.05, 0) is 51.4 Å². The van der Waals surface area contributed by atoms with Gasteiger partial charge in [0.15, 0.2) is 13.4 Å². The summed E-state index contributed by atoms with van der Waals surface area (Å²) in [5, 5.41) is 0. The van der Waals surface area contributed by atoms with Gasteiger partial charge in [0.05, 0.1) is 34.4 Å². The summed E-state index contributed by atoms with van der Waals surface area (Å²) in [4.78, 5) is 12.6. The number of rotatable bonds is 29. The molecule has 0 aliphatic heterocycles. The Balaban J connectivity index is 3.60. The molecule has 40 heavy (non-hydrogen) atoms. The Hall–Kier alpha value is -0.490. The quantitative estimate of drug-likeness (QED) is 0.0379. The topological polar surface area (TPSA) is 67.8 Å². The molecule has 0 aliphatic rings. The molecule has 3 atom stereocenters. The first kappa shape index (κ1) is 39.5. The molecular formula is C33H66NO5P. The van der Waals surface area contributed by atoms with Crippen LogP contribution in [-0.2, 0) is 18.6 Å². The molecule has 0 N–H and O–H groups in total. The molecule has 0 aromatic heterocycles. The van der Waals surface area contributed by atoms with E-state index >= 15 is 0 Å². The minimum absolute atomic E-state index is 0.00408. The molecule has 0 saturated heterocycles. The number of methoxy groups -OCH3 is 1. The summed E-state index contributed by atoms with van der Waals surface area (Å²) in [6, 6.07) is 0. The van der Waals surface area contributed by atoms with Gasteiger partial charge in [-0.3, -0.25) is 0 Å². The lowest BCUT2D eigenvalue weighted by Gasteiger charge is -2.41. The van der Waals surface area contributed by atoms with Crippen LogP contribution in [-0.4, -0.2) is 64.4 Å². The fourth-order valence-corrected chi connectivity index (χ4v) is 6.73. The Kier molecular flexibility index (Phi) is 25.8. The summed E-state index contributed by atoms with van der Waals surface area (Å²) in [6.07, 6.45) is 31.3. The molecule has 0 saturated carbocycles. The third kappa shape index (κ3) is 23.1. The zero-order chi connectivity index (χ0) is 30.0. The van der Waals surface area contributed by atoms with Gasteiger partial charge in [0, 0.05) is 20.1 Å². The number of hydrogen-bond acceptors (Lipinski definition) is 5. The van der Waals surface area contributed by atoms with Crippen LogP contribution in [0.25, 0.3) is 0 Å². The molecule has 6 nitrogen and oxygen atoms in total. The third-order valence-electron chi connectivity index (χ3n) is 7.41. The van der Waals surface area contributed by atoms with Crippen LogP contribution in [0.15, 0.2) is 24.3 Å². The lowest BCUT2D eigenvalue weighted by atomic mass is 10.1. The highest BCUT2D eigenvalue weighted by atomic mass is 31.2. The van der Waals surface area contributed by atoms with Crippen molar-refractivity contribution in [3.05, 3.63) is 24.3 Å². The lowest BCUT2D eigenvalue weighted by molar-refractivity contribution is -0.884. The van der Waals surface area contributed by atoms with E-state index in [1.165, 1.54) is 89.9 Å². The predicted octanol–water partition coefficient (Wildman–Crippen LogP) is 8.79. The zero-order valence-electron chi connectivity index (χ0n) is 27.2. The van der Waals surface area contributed by atoms with Gasteiger partial charge in [-0.25, -0.2) is 0 Å². The van der Waals surface area contributed by atoms with Gasteiger partial charge in [-0.15, -0.1) is 0 Å². The predicted molar refractivity (Wildman–Crippen MR) is 170 cm³/mol. The summed E-state index contributed by atoms with van der Waals surface area (Å²) in [7, 11) is 3.18. The molecule has 0 aromatic rings. The van der Waals surface area contributed by atoms with Crippen molar-refractivity contribution in [1.82, 2.24) is 0 Å². The number of unbranched alkanes of at least 4 members (excludes halogenated alkanes) is 14. The van der Waals surface area contributed by atoms with Gasteiger partial charge in [-0.2, -0.15) is 0 Å². The van der Waals surface area contributed by atoms with Crippen molar-refractivity contribution >= 4 is 7.60 Å². The monoisotopic (exact) mass is 587 g/mol. The second-order valence-corrected chi connectivity index (χ2v) is 14.0. The van der Waals surface area contributed by atoms with Crippen molar-refractivity contribution in [1.29, 1.82) is 0 Å². The Labute approximate surface area is 249 Å². The lowest BCUT2D eigenvalue weighted by Crippen LogP contribution is -2.47. The minimum atomic E-state index is -4.00. The summed E-state index contributed by atoms with van der Waals surface area (Å²) in [5.41, 5.74) is 0. The first-order valence-corrected chi connectivity index (χ1v) is 18.0. The molecule has 0 radical (unpaired) electrons. The van der Waals surface area contributed by atoms with E-state index in [9.17, 15) is 9.46 Å². The fourth-order valence-electron chi connectivity index (χ4n) is 4.89. The normalized spacial score (nSPS) is 15.7. The average Bonchev–Trinajstić information content (AvgIpc) is 2.90. The largest absolute Gasteiger partial charge is 0.774 e. The van der Waals surface area contributed by atoms with Crippen LogP contribution in [0.1, 0.15) is 129 Å². The van der Waals surface area contributed by atoms with Crippen molar-refractivity contribution in [3.63, 3.8) is 0 Å². The number of quaternary nitrogens is 1. The summed E-state index contributed by atoms with van der Waals surface area (Å²) in [5.74, 6) is -0.572. The van der Waals surface area contributed by atoms with Crippen molar-refractivity contribution in [2.45, 2.75) is 141 Å². The second-order valence-electron chi connectivity index (χ2n) is 12.1. The Bertz CT molecular complexity index is 662. The van der Waals surface area contributed by atoms with Gasteiger partial charge in [0.2, 0.25) is 0 Å². The number of ether oxygens (including phenoxy) is 2. The summed E-state index contributed by atoms with van der Waals surface area (Å²) >= 11 is 0. The smallest absolute Gasteiger partial charge is 0.193 e. The molecule has 0 aliphatic carbocycles. The standard InChI is InChI=1S/C33H66NO5P/c1-7-9-10-11-12-13-14-15-16-17-18-19-20-21-22-23-24-25-26-27-28-29-38-30-32(37-6)31-39-40(35,36)33(8-2)34(3,4)5/h11-12,23-24,32-33H,7-10,13-22,25-31H2,1-6H3/b12-11-,24-23-/t32-,33?/m1/s1. The van der Waals surface area contributed by atoms with Crippen LogP contribution >= 0.6 is 7.60 Å². The highest BCUT2D eigenvalue weighted by molar-refractivity contribution is 7.51. The molecule has 0 bridgehead atoms. The van der Waals surface area contributed by atoms with E-state index < -0.39 is 13.4 Å². The molecule has 2 unspecified atom stereocenters. The van der Waals surface area contributed by atoms with E-state index in [-0.39, 0.29) is 12.7 Å². The first-order chi connectivity index (χ1) is 19.2. The number of nitrogens with zero attached hydrogens (tertiary/aromatic N) is 1. The van der Waals surface area contributed by atoms with Crippen LogP contribution < -0.4 is 4.89 Å². The van der Waals surface area contributed by atoms with Gasteiger partial charge >= 0.3 is 0 Å². The fraction of sp³-hybridized carbons (Fsp3) is 0.879. The van der Waals surface area contributed by atoms with Gasteiger partial charge in [0.1, 0.15) is 6.10 Å². The van der Waals surface area contributed by atoms with Gasteiger partial charge < -0.3 is 27.9 Å². The molecular weight excluding hydrogens is 521 g/mol. The molecule has 238 valence electrons. The van der Waals surface area contributed by atoms with E-state index in [0.717, 1.165) is 19.3 Å². The van der Waals surface area contributed by atoms with E-state index in [1.807, 2.05) is 28.1 Å². The van der Waals surface area contributed by atoms with Crippen LogP contribution in [0, 0.1) is 0 Å². The first-order valence-electron chi connectivity index (χ1n) is 16.4. The van der Waals surface area contributed by atoms with E-state index in [1.54, 1.807) is 7.11 Å². The molecule has 7 heteroatoms. The number of hydrogen-bond donors (Lipinski definition) is 0. The molecule has 0 amide bonds. The van der Waals surface area contributed by atoms with Crippen LogP contribution in [0.4, 0.5) is 0 Å². The van der Waals surface area contributed by atoms with Crippen LogP contribution in [0.5, 0.6) is 0 Å². The number of allylic oxidation sites excluding steroid dienone is 4. The summed E-state index contributed by atoms with van der Waals surface area (Å²) in [6.45, 7) is 5.12. The Morgan fingerprint density at radius 1 is 0.700 bits per heavy atom. The highest BCUT2D eigenvalue weighted by Gasteiger charge is 2.34. The molecule has 0 spiro atoms. The minimum Gasteiger partial charge on any atom is -0.774 e. The zero-order valence-corrected chi connectivity index (χ0v) is 28.1.